The maximum atomic E-state index is 11.5. The second-order valence-electron chi connectivity index (χ2n) is 5.51. The molecule has 1 amide bonds. The van der Waals surface area contributed by atoms with E-state index in [2.05, 4.69) is 31.4 Å². The monoisotopic (exact) mass is 228 g/mol. The van der Waals surface area contributed by atoms with Crippen LogP contribution < -0.4 is 10.6 Å². The zero-order valence-electron chi connectivity index (χ0n) is 10.8. The van der Waals surface area contributed by atoms with Gasteiger partial charge in [-0.1, -0.05) is 20.8 Å². The predicted octanol–water partition coefficient (Wildman–Crippen LogP) is 0.773. The molecule has 0 aromatic rings. The van der Waals surface area contributed by atoms with Crippen LogP contribution in [0.15, 0.2) is 0 Å². The Hall–Kier alpha value is -0.610. The minimum atomic E-state index is 0.0741. The number of ether oxygens (including phenoxy) is 1. The number of hydrogen-bond acceptors (Lipinski definition) is 3. The molecule has 16 heavy (non-hydrogen) atoms. The fourth-order valence-electron chi connectivity index (χ4n) is 1.50. The van der Waals surface area contributed by atoms with Crippen molar-refractivity contribution < 1.29 is 9.53 Å². The van der Waals surface area contributed by atoms with Gasteiger partial charge in [0.05, 0.1) is 19.8 Å². The third kappa shape index (κ3) is 4.10. The first-order chi connectivity index (χ1) is 7.43. The van der Waals surface area contributed by atoms with Crippen molar-refractivity contribution in [1.29, 1.82) is 0 Å². The van der Waals surface area contributed by atoms with Crippen molar-refractivity contribution in [2.45, 2.75) is 33.7 Å². The summed E-state index contributed by atoms with van der Waals surface area (Å²) in [6.45, 7) is 11.2. The first-order valence-electron chi connectivity index (χ1n) is 6.01. The maximum absolute atomic E-state index is 11.5. The van der Waals surface area contributed by atoms with E-state index >= 15 is 0 Å². The van der Waals surface area contributed by atoms with E-state index in [0.717, 1.165) is 19.8 Å². The molecule has 1 atom stereocenters. The van der Waals surface area contributed by atoms with Gasteiger partial charge in [0.25, 0.3) is 0 Å². The Balaban J connectivity index is 2.10. The quantitative estimate of drug-likeness (QED) is 0.706. The van der Waals surface area contributed by atoms with E-state index in [9.17, 15) is 4.79 Å². The Morgan fingerprint density at radius 2 is 2.00 bits per heavy atom. The molecule has 1 rings (SSSR count). The lowest BCUT2D eigenvalue weighted by molar-refractivity contribution is -0.122. The Kier molecular flexibility index (Phi) is 4.74. The Bertz CT molecular complexity index is 237. The molecule has 1 fully saturated rings. The lowest BCUT2D eigenvalue weighted by atomic mass is 9.89. The molecule has 0 aromatic carbocycles. The van der Waals surface area contributed by atoms with Gasteiger partial charge in [-0.2, -0.15) is 0 Å². The standard InChI is InChI=1S/C12H24N2O2/c1-9(2)10(3)14-11(15)5-13-6-12(4)7-16-8-12/h9-10,13H,5-8H2,1-4H3,(H,14,15). The number of amides is 1. The van der Waals surface area contributed by atoms with E-state index in [0.29, 0.717) is 12.5 Å². The fraction of sp³-hybridized carbons (Fsp3) is 0.917. The van der Waals surface area contributed by atoms with Crippen LogP contribution in [0.25, 0.3) is 0 Å². The summed E-state index contributed by atoms with van der Waals surface area (Å²) < 4.78 is 5.15. The molecule has 0 saturated carbocycles. The van der Waals surface area contributed by atoms with Gasteiger partial charge in [-0.3, -0.25) is 4.79 Å². The highest BCUT2D eigenvalue weighted by atomic mass is 16.5. The van der Waals surface area contributed by atoms with Crippen LogP contribution in [0.2, 0.25) is 0 Å². The molecule has 94 valence electrons. The molecule has 1 aliphatic heterocycles. The number of rotatable bonds is 6. The first-order valence-corrected chi connectivity index (χ1v) is 6.01. The van der Waals surface area contributed by atoms with E-state index in [1.165, 1.54) is 0 Å². The van der Waals surface area contributed by atoms with Crippen molar-refractivity contribution in [1.82, 2.24) is 10.6 Å². The first kappa shape index (κ1) is 13.5. The van der Waals surface area contributed by atoms with Gasteiger partial charge in [0.1, 0.15) is 0 Å². The molecular weight excluding hydrogens is 204 g/mol. The van der Waals surface area contributed by atoms with Crippen molar-refractivity contribution >= 4 is 5.91 Å². The Morgan fingerprint density at radius 1 is 1.38 bits per heavy atom. The zero-order valence-corrected chi connectivity index (χ0v) is 10.8. The second-order valence-corrected chi connectivity index (χ2v) is 5.51. The molecule has 0 spiro atoms. The van der Waals surface area contributed by atoms with Crippen LogP contribution in [0.1, 0.15) is 27.7 Å². The molecule has 4 heteroatoms. The molecule has 0 aliphatic carbocycles. The van der Waals surface area contributed by atoms with Crippen LogP contribution in [-0.2, 0) is 9.53 Å². The van der Waals surface area contributed by atoms with E-state index in [4.69, 9.17) is 4.74 Å². The molecule has 1 aliphatic rings. The number of carbonyl (C=O) groups is 1. The van der Waals surface area contributed by atoms with Gasteiger partial charge >= 0.3 is 0 Å². The molecule has 0 radical (unpaired) electrons. The van der Waals surface area contributed by atoms with Gasteiger partial charge in [0.15, 0.2) is 0 Å². The molecule has 1 heterocycles. The van der Waals surface area contributed by atoms with Crippen molar-refractivity contribution in [3.05, 3.63) is 0 Å². The van der Waals surface area contributed by atoms with Crippen LogP contribution >= 0.6 is 0 Å². The topological polar surface area (TPSA) is 50.4 Å². The summed E-state index contributed by atoms with van der Waals surface area (Å²) >= 11 is 0. The average Bonchev–Trinajstić information content (AvgIpc) is 2.14. The molecule has 1 unspecified atom stereocenters. The zero-order chi connectivity index (χ0) is 12.2. The fourth-order valence-corrected chi connectivity index (χ4v) is 1.50. The normalized spacial score (nSPS) is 20.3. The summed E-state index contributed by atoms with van der Waals surface area (Å²) in [5, 5.41) is 6.15. The summed E-state index contributed by atoms with van der Waals surface area (Å²) in [4.78, 5) is 11.5. The SMILES string of the molecule is CC(C)C(C)NC(=O)CNCC1(C)COC1. The summed E-state index contributed by atoms with van der Waals surface area (Å²) in [6.07, 6.45) is 0. The van der Waals surface area contributed by atoms with Crippen LogP contribution in [0.3, 0.4) is 0 Å². The van der Waals surface area contributed by atoms with Gasteiger partial charge in [0.2, 0.25) is 5.91 Å². The molecule has 2 N–H and O–H groups in total. The number of nitrogens with one attached hydrogen (secondary N) is 2. The van der Waals surface area contributed by atoms with Crippen LogP contribution in [0, 0.1) is 11.3 Å². The van der Waals surface area contributed by atoms with E-state index < -0.39 is 0 Å². The lowest BCUT2D eigenvalue weighted by Gasteiger charge is -2.38. The molecule has 0 bridgehead atoms. The Morgan fingerprint density at radius 3 is 2.44 bits per heavy atom. The highest BCUT2D eigenvalue weighted by Gasteiger charge is 2.32. The minimum absolute atomic E-state index is 0.0741. The van der Waals surface area contributed by atoms with E-state index in [1.807, 2.05) is 6.92 Å². The molecule has 1 saturated heterocycles. The maximum Gasteiger partial charge on any atom is 0.234 e. The van der Waals surface area contributed by atoms with Crippen LogP contribution in [0.5, 0.6) is 0 Å². The average molecular weight is 228 g/mol. The number of carbonyl (C=O) groups excluding carboxylic acids is 1. The summed E-state index contributed by atoms with van der Waals surface area (Å²) in [7, 11) is 0. The van der Waals surface area contributed by atoms with Crippen molar-refractivity contribution in [3.63, 3.8) is 0 Å². The van der Waals surface area contributed by atoms with Crippen LogP contribution in [-0.4, -0.2) is 38.3 Å². The summed E-state index contributed by atoms with van der Waals surface area (Å²) in [6, 6.07) is 0.233. The number of hydrogen-bond donors (Lipinski definition) is 2. The molecule has 4 nitrogen and oxygen atoms in total. The largest absolute Gasteiger partial charge is 0.380 e. The minimum Gasteiger partial charge on any atom is -0.380 e. The van der Waals surface area contributed by atoms with Gasteiger partial charge in [-0.05, 0) is 12.8 Å². The predicted molar refractivity (Wildman–Crippen MR) is 64.2 cm³/mol. The smallest absolute Gasteiger partial charge is 0.234 e. The van der Waals surface area contributed by atoms with E-state index in [-0.39, 0.29) is 17.4 Å². The third-order valence-electron chi connectivity index (χ3n) is 3.13. The van der Waals surface area contributed by atoms with Gasteiger partial charge in [-0.25, -0.2) is 0 Å². The van der Waals surface area contributed by atoms with Crippen LogP contribution in [0.4, 0.5) is 0 Å². The lowest BCUT2D eigenvalue weighted by Crippen LogP contribution is -2.49. The molecular formula is C12H24N2O2. The van der Waals surface area contributed by atoms with Gasteiger partial charge in [-0.15, -0.1) is 0 Å². The highest BCUT2D eigenvalue weighted by molar-refractivity contribution is 5.78. The van der Waals surface area contributed by atoms with Crippen molar-refractivity contribution in [2.75, 3.05) is 26.3 Å². The second kappa shape index (κ2) is 5.64. The highest BCUT2D eigenvalue weighted by Crippen LogP contribution is 2.24. The summed E-state index contributed by atoms with van der Waals surface area (Å²) in [5.74, 6) is 0.548. The van der Waals surface area contributed by atoms with E-state index in [1.54, 1.807) is 0 Å². The van der Waals surface area contributed by atoms with Gasteiger partial charge in [0, 0.05) is 18.0 Å². The van der Waals surface area contributed by atoms with Crippen molar-refractivity contribution in [2.24, 2.45) is 11.3 Å². The Labute approximate surface area is 98.1 Å². The van der Waals surface area contributed by atoms with Crippen molar-refractivity contribution in [3.8, 4) is 0 Å². The third-order valence-corrected chi connectivity index (χ3v) is 3.13. The molecule has 0 aromatic heterocycles. The summed E-state index contributed by atoms with van der Waals surface area (Å²) in [5.41, 5.74) is 0.226. The van der Waals surface area contributed by atoms with Gasteiger partial charge < -0.3 is 15.4 Å².